The highest BCUT2D eigenvalue weighted by atomic mass is 16.5. The highest BCUT2D eigenvalue weighted by Gasteiger charge is 2.36. The minimum Gasteiger partial charge on any atom is -0.375 e. The topological polar surface area (TPSA) is 33.3 Å². The van der Waals surface area contributed by atoms with E-state index in [1.807, 2.05) is 0 Å². The van der Waals surface area contributed by atoms with Crippen molar-refractivity contribution in [2.75, 3.05) is 13.1 Å². The lowest BCUT2D eigenvalue weighted by molar-refractivity contribution is 0.0509. The quantitative estimate of drug-likeness (QED) is 0.792. The zero-order valence-corrected chi connectivity index (χ0v) is 13.2. The molecule has 2 N–H and O–H groups in total. The minimum absolute atomic E-state index is 0.196. The molecule has 0 aromatic rings. The van der Waals surface area contributed by atoms with Crippen LogP contribution in [-0.4, -0.2) is 36.9 Å². The summed E-state index contributed by atoms with van der Waals surface area (Å²) in [5, 5.41) is 7.17. The monoisotopic (exact) mass is 256 g/mol. The highest BCUT2D eigenvalue weighted by molar-refractivity contribution is 4.86. The molecule has 0 saturated carbocycles. The van der Waals surface area contributed by atoms with Gasteiger partial charge in [-0.2, -0.15) is 0 Å². The van der Waals surface area contributed by atoms with Crippen molar-refractivity contribution >= 4 is 0 Å². The van der Waals surface area contributed by atoms with Gasteiger partial charge in [-0.15, -0.1) is 0 Å². The Kier molecular flexibility index (Phi) is 5.63. The first-order chi connectivity index (χ1) is 8.20. The summed E-state index contributed by atoms with van der Waals surface area (Å²) in [6.45, 7) is 17.6. The summed E-state index contributed by atoms with van der Waals surface area (Å²) in [6, 6.07) is 0.500. The van der Waals surface area contributed by atoms with Gasteiger partial charge in [0.15, 0.2) is 0 Å². The van der Waals surface area contributed by atoms with Crippen molar-refractivity contribution in [3.05, 3.63) is 0 Å². The Labute approximate surface area is 113 Å². The predicted octanol–water partition coefficient (Wildman–Crippen LogP) is 2.41. The van der Waals surface area contributed by atoms with Crippen LogP contribution in [0.1, 0.15) is 48.5 Å². The molecule has 5 unspecified atom stereocenters. The second-order valence-corrected chi connectivity index (χ2v) is 7.01. The molecule has 0 aliphatic carbocycles. The van der Waals surface area contributed by atoms with Crippen LogP contribution in [0.4, 0.5) is 0 Å². The number of ether oxygens (including phenoxy) is 1. The first kappa shape index (κ1) is 15.9. The van der Waals surface area contributed by atoms with Crippen molar-refractivity contribution in [1.82, 2.24) is 10.6 Å². The lowest BCUT2D eigenvalue weighted by atomic mass is 9.89. The first-order valence-electron chi connectivity index (χ1n) is 7.34. The van der Waals surface area contributed by atoms with Crippen LogP contribution in [0.5, 0.6) is 0 Å². The van der Waals surface area contributed by atoms with E-state index in [0.717, 1.165) is 13.1 Å². The van der Waals surface area contributed by atoms with Crippen molar-refractivity contribution < 1.29 is 4.74 Å². The number of hydrogen-bond donors (Lipinski definition) is 2. The molecule has 1 fully saturated rings. The third-order valence-corrected chi connectivity index (χ3v) is 4.09. The lowest BCUT2D eigenvalue weighted by Gasteiger charge is -2.26. The van der Waals surface area contributed by atoms with Crippen molar-refractivity contribution in [3.8, 4) is 0 Å². The van der Waals surface area contributed by atoms with Crippen LogP contribution < -0.4 is 10.6 Å². The first-order valence-corrected chi connectivity index (χ1v) is 7.34. The molecule has 0 radical (unpaired) electrons. The molecule has 5 atom stereocenters. The van der Waals surface area contributed by atoms with Gasteiger partial charge in [-0.3, -0.25) is 0 Å². The fraction of sp³-hybridized carbons (Fsp3) is 1.00. The van der Waals surface area contributed by atoms with E-state index in [0.29, 0.717) is 30.1 Å². The van der Waals surface area contributed by atoms with E-state index in [9.17, 15) is 0 Å². The fourth-order valence-corrected chi connectivity index (χ4v) is 2.56. The number of hydrogen-bond acceptors (Lipinski definition) is 3. The van der Waals surface area contributed by atoms with Gasteiger partial charge in [-0.25, -0.2) is 0 Å². The smallest absolute Gasteiger partial charge is 0.0594 e. The fourth-order valence-electron chi connectivity index (χ4n) is 2.56. The van der Waals surface area contributed by atoms with Crippen LogP contribution >= 0.6 is 0 Å². The molecule has 1 aliphatic rings. The molecule has 0 aromatic carbocycles. The van der Waals surface area contributed by atoms with E-state index in [1.54, 1.807) is 0 Å². The van der Waals surface area contributed by atoms with E-state index < -0.39 is 0 Å². The van der Waals surface area contributed by atoms with Crippen LogP contribution in [0, 0.1) is 11.8 Å². The molecule has 1 rings (SSSR count). The van der Waals surface area contributed by atoms with Crippen molar-refractivity contribution in [3.63, 3.8) is 0 Å². The predicted molar refractivity (Wildman–Crippen MR) is 77.9 cm³/mol. The SMILES string of the molecule is CC(CNC(C)(C)C)NCC1C(C)OC(C)C1C. The maximum Gasteiger partial charge on any atom is 0.0594 e. The van der Waals surface area contributed by atoms with Gasteiger partial charge < -0.3 is 15.4 Å². The summed E-state index contributed by atoms with van der Waals surface area (Å²) in [6.07, 6.45) is 0.778. The molecule has 0 bridgehead atoms. The molecular weight excluding hydrogens is 224 g/mol. The molecule has 1 saturated heterocycles. The average Bonchev–Trinajstić information content (AvgIpc) is 2.47. The number of nitrogens with one attached hydrogen (secondary N) is 2. The third kappa shape index (κ3) is 4.87. The van der Waals surface area contributed by atoms with Gasteiger partial charge in [0.1, 0.15) is 0 Å². The second-order valence-electron chi connectivity index (χ2n) is 7.01. The van der Waals surface area contributed by atoms with E-state index in [2.05, 4.69) is 59.1 Å². The molecule has 108 valence electrons. The maximum atomic E-state index is 5.88. The molecule has 3 heteroatoms. The molecular formula is C15H32N2O. The normalized spacial score (nSPS) is 34.8. The van der Waals surface area contributed by atoms with Gasteiger partial charge in [-0.05, 0) is 47.5 Å². The van der Waals surface area contributed by atoms with E-state index in [-0.39, 0.29) is 5.54 Å². The molecule has 0 aromatic heterocycles. The zero-order chi connectivity index (χ0) is 13.9. The minimum atomic E-state index is 0.196. The Balaban J connectivity index is 2.28. The summed E-state index contributed by atoms with van der Waals surface area (Å²) >= 11 is 0. The Morgan fingerprint density at radius 3 is 2.17 bits per heavy atom. The van der Waals surface area contributed by atoms with E-state index in [1.165, 1.54) is 0 Å². The van der Waals surface area contributed by atoms with Gasteiger partial charge >= 0.3 is 0 Å². The Morgan fingerprint density at radius 1 is 1.11 bits per heavy atom. The third-order valence-electron chi connectivity index (χ3n) is 4.09. The standard InChI is InChI=1S/C15H32N2O/c1-10(8-17-15(5,6)7)16-9-14-11(2)12(3)18-13(14)4/h10-14,16-17H,8-9H2,1-7H3. The summed E-state index contributed by atoms with van der Waals surface area (Å²) in [4.78, 5) is 0. The van der Waals surface area contributed by atoms with Crippen LogP contribution in [0.3, 0.4) is 0 Å². The van der Waals surface area contributed by atoms with Crippen LogP contribution in [0.25, 0.3) is 0 Å². The summed E-state index contributed by atoms with van der Waals surface area (Å²) < 4.78 is 5.88. The van der Waals surface area contributed by atoms with Crippen LogP contribution in [0.2, 0.25) is 0 Å². The van der Waals surface area contributed by atoms with Gasteiger partial charge in [0.25, 0.3) is 0 Å². The summed E-state index contributed by atoms with van der Waals surface area (Å²) in [7, 11) is 0. The highest BCUT2D eigenvalue weighted by Crippen LogP contribution is 2.31. The molecule has 0 spiro atoms. The Hall–Kier alpha value is -0.120. The van der Waals surface area contributed by atoms with Crippen molar-refractivity contribution in [2.45, 2.75) is 72.3 Å². The maximum absolute atomic E-state index is 5.88. The van der Waals surface area contributed by atoms with Crippen LogP contribution in [0.15, 0.2) is 0 Å². The largest absolute Gasteiger partial charge is 0.375 e. The molecule has 1 aliphatic heterocycles. The van der Waals surface area contributed by atoms with E-state index in [4.69, 9.17) is 4.74 Å². The Bertz CT molecular complexity index is 249. The molecule has 18 heavy (non-hydrogen) atoms. The summed E-state index contributed by atoms with van der Waals surface area (Å²) in [5.41, 5.74) is 0.196. The Morgan fingerprint density at radius 2 is 1.72 bits per heavy atom. The molecule has 3 nitrogen and oxygen atoms in total. The molecule has 0 amide bonds. The van der Waals surface area contributed by atoms with Gasteiger partial charge in [-0.1, -0.05) is 6.92 Å². The summed E-state index contributed by atoms with van der Waals surface area (Å²) in [5.74, 6) is 1.28. The van der Waals surface area contributed by atoms with Crippen LogP contribution in [-0.2, 0) is 4.74 Å². The van der Waals surface area contributed by atoms with Gasteiger partial charge in [0.2, 0.25) is 0 Å². The van der Waals surface area contributed by atoms with Gasteiger partial charge in [0, 0.05) is 30.6 Å². The zero-order valence-electron chi connectivity index (χ0n) is 13.2. The molecule has 1 heterocycles. The number of rotatable bonds is 5. The van der Waals surface area contributed by atoms with Crippen molar-refractivity contribution in [2.24, 2.45) is 11.8 Å². The average molecular weight is 256 g/mol. The van der Waals surface area contributed by atoms with Crippen molar-refractivity contribution in [1.29, 1.82) is 0 Å². The van der Waals surface area contributed by atoms with Gasteiger partial charge in [0.05, 0.1) is 12.2 Å². The van der Waals surface area contributed by atoms with E-state index >= 15 is 0 Å². The lowest BCUT2D eigenvalue weighted by Crippen LogP contribution is -2.46. The second kappa shape index (κ2) is 6.36.